The van der Waals surface area contributed by atoms with Gasteiger partial charge >= 0.3 is 0 Å². The number of ether oxygens (including phenoxy) is 1. The molecule has 1 saturated carbocycles. The number of hydrogen-bond acceptors (Lipinski definition) is 5. The first-order chi connectivity index (χ1) is 11.1. The van der Waals surface area contributed by atoms with Gasteiger partial charge in [-0.1, -0.05) is 12.1 Å². The zero-order valence-corrected chi connectivity index (χ0v) is 12.6. The van der Waals surface area contributed by atoms with Crippen LogP contribution < -0.4 is 10.5 Å². The molecule has 6 nitrogen and oxygen atoms in total. The van der Waals surface area contributed by atoms with E-state index in [1.807, 2.05) is 31.2 Å². The number of hydrogen-bond donors (Lipinski definition) is 1. The second-order valence-electron chi connectivity index (χ2n) is 5.85. The molecule has 118 valence electrons. The summed E-state index contributed by atoms with van der Waals surface area (Å²) in [5, 5.41) is 5.04. The van der Waals surface area contributed by atoms with Crippen LogP contribution in [0.4, 0.5) is 10.2 Å². The number of rotatable bonds is 3. The average molecular weight is 313 g/mol. The number of aryl methyl sites for hydroxylation is 1. The van der Waals surface area contributed by atoms with Crippen molar-refractivity contribution in [2.24, 2.45) is 0 Å². The normalized spacial score (nSPS) is 20.4. The van der Waals surface area contributed by atoms with Crippen LogP contribution in [0.1, 0.15) is 24.4 Å². The first-order valence-electron chi connectivity index (χ1n) is 7.49. The van der Waals surface area contributed by atoms with Gasteiger partial charge < -0.3 is 10.5 Å². The number of anilines is 1. The van der Waals surface area contributed by atoms with Gasteiger partial charge in [0.1, 0.15) is 29.5 Å². The lowest BCUT2D eigenvalue weighted by molar-refractivity contribution is 0.129. The minimum Gasteiger partial charge on any atom is -0.437 e. The third kappa shape index (κ3) is 2.38. The number of benzene rings is 1. The van der Waals surface area contributed by atoms with E-state index in [1.165, 1.54) is 6.33 Å². The van der Waals surface area contributed by atoms with Crippen LogP contribution in [0, 0.1) is 6.92 Å². The fourth-order valence-electron chi connectivity index (χ4n) is 2.80. The van der Waals surface area contributed by atoms with Crippen molar-refractivity contribution < 1.29 is 9.13 Å². The van der Waals surface area contributed by atoms with Gasteiger partial charge in [-0.2, -0.15) is 0 Å². The van der Waals surface area contributed by atoms with Crippen LogP contribution in [0.25, 0.3) is 11.0 Å². The predicted octanol–water partition coefficient (Wildman–Crippen LogP) is 3.18. The number of nitrogen functional groups attached to an aromatic ring is 1. The maximum Gasteiger partial charge on any atom is 0.251 e. The molecule has 0 spiro atoms. The van der Waals surface area contributed by atoms with Crippen LogP contribution in [0.3, 0.4) is 0 Å². The second-order valence-corrected chi connectivity index (χ2v) is 5.85. The van der Waals surface area contributed by atoms with Crippen molar-refractivity contribution in [3.63, 3.8) is 0 Å². The molecule has 0 amide bonds. The quantitative estimate of drug-likeness (QED) is 0.803. The van der Waals surface area contributed by atoms with Crippen LogP contribution in [0.15, 0.2) is 30.6 Å². The fraction of sp³-hybridized carbons (Fsp3) is 0.312. The van der Waals surface area contributed by atoms with Crippen molar-refractivity contribution in [3.05, 3.63) is 36.2 Å². The maximum absolute atomic E-state index is 13.2. The van der Waals surface area contributed by atoms with E-state index >= 15 is 0 Å². The van der Waals surface area contributed by atoms with Gasteiger partial charge in [-0.05, 0) is 24.6 Å². The van der Waals surface area contributed by atoms with Crippen molar-refractivity contribution >= 4 is 16.9 Å². The van der Waals surface area contributed by atoms with E-state index in [1.54, 1.807) is 4.68 Å². The maximum atomic E-state index is 13.2. The smallest absolute Gasteiger partial charge is 0.251 e. The average Bonchev–Trinajstić information content (AvgIpc) is 2.84. The Labute approximate surface area is 132 Å². The van der Waals surface area contributed by atoms with Crippen molar-refractivity contribution in [3.8, 4) is 11.6 Å². The predicted molar refractivity (Wildman–Crippen MR) is 84.2 cm³/mol. The standard InChI is InChI=1S/C16H16FN5O/c1-9-3-2-4-12(5-9)23-16-13-14(18)19-8-20-15(13)22(21-16)11-6-10(17)7-11/h2-5,8,10-11H,6-7H2,1H3,(H2,18,19,20). The highest BCUT2D eigenvalue weighted by molar-refractivity contribution is 5.90. The molecule has 1 fully saturated rings. The summed E-state index contributed by atoms with van der Waals surface area (Å²) < 4.78 is 20.8. The van der Waals surface area contributed by atoms with Gasteiger partial charge in [0.25, 0.3) is 5.88 Å². The molecule has 2 heterocycles. The molecule has 4 rings (SSSR count). The molecule has 0 atom stereocenters. The lowest BCUT2D eigenvalue weighted by atomic mass is 9.91. The van der Waals surface area contributed by atoms with Gasteiger partial charge in [0, 0.05) is 12.8 Å². The highest BCUT2D eigenvalue weighted by Crippen LogP contribution is 2.39. The molecule has 1 aliphatic rings. The third-order valence-corrected chi connectivity index (χ3v) is 4.09. The molecule has 1 aliphatic carbocycles. The number of aromatic nitrogens is 4. The van der Waals surface area contributed by atoms with Gasteiger partial charge in [-0.15, -0.1) is 5.10 Å². The summed E-state index contributed by atoms with van der Waals surface area (Å²) in [4.78, 5) is 8.27. The minimum absolute atomic E-state index is 0.0170. The minimum atomic E-state index is -0.778. The summed E-state index contributed by atoms with van der Waals surface area (Å²) >= 11 is 0. The summed E-state index contributed by atoms with van der Waals surface area (Å²) in [5.74, 6) is 1.32. The molecular weight excluding hydrogens is 297 g/mol. The van der Waals surface area contributed by atoms with Crippen molar-refractivity contribution in [2.45, 2.75) is 32.0 Å². The molecule has 7 heteroatoms. The molecule has 0 unspecified atom stereocenters. The van der Waals surface area contributed by atoms with Crippen molar-refractivity contribution in [1.82, 2.24) is 19.7 Å². The Kier molecular flexibility index (Phi) is 3.14. The van der Waals surface area contributed by atoms with E-state index in [0.717, 1.165) is 5.56 Å². The lowest BCUT2D eigenvalue weighted by Gasteiger charge is -2.29. The Morgan fingerprint density at radius 1 is 1.30 bits per heavy atom. The molecule has 23 heavy (non-hydrogen) atoms. The van der Waals surface area contributed by atoms with Gasteiger partial charge in [-0.3, -0.25) is 0 Å². The zero-order chi connectivity index (χ0) is 16.0. The molecule has 2 N–H and O–H groups in total. The first-order valence-corrected chi connectivity index (χ1v) is 7.49. The van der Waals surface area contributed by atoms with E-state index < -0.39 is 6.17 Å². The van der Waals surface area contributed by atoms with Crippen LogP contribution in [0.5, 0.6) is 11.6 Å². The lowest BCUT2D eigenvalue weighted by Crippen LogP contribution is -2.28. The Hall–Kier alpha value is -2.70. The molecule has 2 aromatic heterocycles. The topological polar surface area (TPSA) is 78.8 Å². The summed E-state index contributed by atoms with van der Waals surface area (Å²) in [6, 6.07) is 7.63. The van der Waals surface area contributed by atoms with Crippen LogP contribution >= 0.6 is 0 Å². The third-order valence-electron chi connectivity index (χ3n) is 4.09. The summed E-state index contributed by atoms with van der Waals surface area (Å²) in [6.07, 6.45) is 1.48. The second kappa shape index (κ2) is 5.19. The Bertz CT molecular complexity index is 872. The number of fused-ring (bicyclic) bond motifs is 1. The largest absolute Gasteiger partial charge is 0.437 e. The molecule has 0 aliphatic heterocycles. The van der Waals surface area contributed by atoms with Gasteiger partial charge in [0.05, 0.1) is 6.04 Å². The summed E-state index contributed by atoms with van der Waals surface area (Å²) in [6.45, 7) is 1.98. The number of halogens is 1. The van der Waals surface area contributed by atoms with E-state index in [0.29, 0.717) is 41.3 Å². The molecule has 0 saturated heterocycles. The van der Waals surface area contributed by atoms with E-state index in [-0.39, 0.29) is 6.04 Å². The van der Waals surface area contributed by atoms with Crippen molar-refractivity contribution in [1.29, 1.82) is 0 Å². The van der Waals surface area contributed by atoms with Crippen molar-refractivity contribution in [2.75, 3.05) is 5.73 Å². The molecule has 3 aromatic rings. The summed E-state index contributed by atoms with van der Waals surface area (Å²) in [7, 11) is 0. The van der Waals surface area contributed by atoms with Crippen LogP contribution in [0.2, 0.25) is 0 Å². The Morgan fingerprint density at radius 2 is 2.13 bits per heavy atom. The van der Waals surface area contributed by atoms with Crippen LogP contribution in [-0.2, 0) is 0 Å². The Morgan fingerprint density at radius 3 is 2.87 bits per heavy atom. The van der Waals surface area contributed by atoms with Gasteiger partial charge in [-0.25, -0.2) is 19.0 Å². The molecule has 0 radical (unpaired) electrons. The summed E-state index contributed by atoms with van der Waals surface area (Å²) in [5.41, 5.74) is 7.64. The zero-order valence-electron chi connectivity index (χ0n) is 12.6. The molecular formula is C16H16FN5O. The van der Waals surface area contributed by atoms with E-state index in [9.17, 15) is 4.39 Å². The number of alkyl halides is 1. The molecule has 1 aromatic carbocycles. The highest BCUT2D eigenvalue weighted by Gasteiger charge is 2.33. The monoisotopic (exact) mass is 313 g/mol. The van der Waals surface area contributed by atoms with Gasteiger partial charge in [0.2, 0.25) is 0 Å². The fourth-order valence-corrected chi connectivity index (χ4v) is 2.80. The number of nitrogens with zero attached hydrogens (tertiary/aromatic N) is 4. The van der Waals surface area contributed by atoms with Crippen LogP contribution in [-0.4, -0.2) is 25.9 Å². The molecule has 0 bridgehead atoms. The van der Waals surface area contributed by atoms with E-state index in [2.05, 4.69) is 15.1 Å². The highest BCUT2D eigenvalue weighted by atomic mass is 19.1. The first kappa shape index (κ1) is 13.9. The SMILES string of the molecule is Cc1cccc(Oc2nn(C3CC(F)C3)c3ncnc(N)c23)c1. The van der Waals surface area contributed by atoms with Gasteiger partial charge in [0.15, 0.2) is 5.65 Å². The Balaban J connectivity index is 1.79. The number of nitrogens with two attached hydrogens (primary N) is 1. The van der Waals surface area contributed by atoms with E-state index in [4.69, 9.17) is 10.5 Å².